The van der Waals surface area contributed by atoms with E-state index in [0.29, 0.717) is 13.0 Å². The summed E-state index contributed by atoms with van der Waals surface area (Å²) in [5, 5.41) is 40.2. The number of ether oxygens (including phenoxy) is 4. The van der Waals surface area contributed by atoms with Crippen molar-refractivity contribution in [2.75, 3.05) is 26.4 Å². The van der Waals surface area contributed by atoms with Crippen LogP contribution in [0.25, 0.3) is 0 Å². The Morgan fingerprint density at radius 1 is 0.533 bits per heavy atom. The van der Waals surface area contributed by atoms with Gasteiger partial charge < -0.3 is 39.4 Å². The third-order valence-electron chi connectivity index (χ3n) is 11.9. The summed E-state index contributed by atoms with van der Waals surface area (Å²) in [6, 6.07) is 0. The van der Waals surface area contributed by atoms with Crippen LogP contribution in [0.2, 0.25) is 0 Å². The Labute approximate surface area is 368 Å². The lowest BCUT2D eigenvalue weighted by Crippen LogP contribution is -2.59. The molecule has 1 saturated heterocycles. The first-order valence-corrected chi connectivity index (χ1v) is 25.4. The number of rotatable bonds is 44. The van der Waals surface area contributed by atoms with Gasteiger partial charge in [0.1, 0.15) is 30.5 Å². The van der Waals surface area contributed by atoms with Crippen molar-refractivity contribution in [3.05, 3.63) is 24.3 Å². The van der Waals surface area contributed by atoms with Gasteiger partial charge >= 0.3 is 5.97 Å². The van der Waals surface area contributed by atoms with Gasteiger partial charge in [0.25, 0.3) is 0 Å². The van der Waals surface area contributed by atoms with E-state index >= 15 is 0 Å². The molecule has 4 N–H and O–H groups in total. The molecule has 9 heteroatoms. The lowest BCUT2D eigenvalue weighted by atomic mass is 9.99. The smallest absolute Gasteiger partial charge is 0.306 e. The van der Waals surface area contributed by atoms with Gasteiger partial charge in [-0.2, -0.15) is 0 Å². The number of hydrogen-bond donors (Lipinski definition) is 4. The molecule has 6 unspecified atom stereocenters. The van der Waals surface area contributed by atoms with Crippen molar-refractivity contribution in [2.24, 2.45) is 0 Å². The van der Waals surface area contributed by atoms with E-state index in [1.165, 1.54) is 173 Å². The molecule has 354 valence electrons. The third kappa shape index (κ3) is 33.3. The normalized spacial score (nSPS) is 20.1. The summed E-state index contributed by atoms with van der Waals surface area (Å²) in [7, 11) is 0. The molecular formula is C51H96O9. The van der Waals surface area contributed by atoms with Crippen LogP contribution in [-0.2, 0) is 23.7 Å². The van der Waals surface area contributed by atoms with Crippen LogP contribution in [-0.4, -0.2) is 89.6 Å². The summed E-state index contributed by atoms with van der Waals surface area (Å²) in [5.41, 5.74) is 0. The van der Waals surface area contributed by atoms with Crippen LogP contribution < -0.4 is 0 Å². The summed E-state index contributed by atoms with van der Waals surface area (Å²) in [6.45, 7) is 4.58. The predicted molar refractivity (Wildman–Crippen MR) is 247 cm³/mol. The fourth-order valence-corrected chi connectivity index (χ4v) is 7.88. The maximum absolute atomic E-state index is 12.8. The highest BCUT2D eigenvalue weighted by Crippen LogP contribution is 2.23. The van der Waals surface area contributed by atoms with E-state index in [9.17, 15) is 25.2 Å². The van der Waals surface area contributed by atoms with Crippen molar-refractivity contribution < 1.29 is 44.2 Å². The molecule has 0 aliphatic carbocycles. The number of unbranched alkanes of at least 4 members (excludes halogenated alkanes) is 29. The summed E-state index contributed by atoms with van der Waals surface area (Å²) in [4.78, 5) is 12.8. The number of esters is 1. The monoisotopic (exact) mass is 853 g/mol. The molecule has 0 bridgehead atoms. The van der Waals surface area contributed by atoms with E-state index < -0.39 is 43.4 Å². The molecule has 0 aromatic heterocycles. The Kier molecular flexibility index (Phi) is 40.6. The van der Waals surface area contributed by atoms with Crippen LogP contribution in [0.5, 0.6) is 0 Å². The molecule has 1 heterocycles. The van der Waals surface area contributed by atoms with E-state index in [4.69, 9.17) is 18.9 Å². The summed E-state index contributed by atoms with van der Waals surface area (Å²) >= 11 is 0. The standard InChI is InChI=1S/C51H96O9/c1-3-5-7-9-11-13-15-17-19-20-21-22-23-24-25-27-29-31-33-35-37-39-41-57-43-45(44-58-51-50(56)49(55)48(54)46(42-52)60-51)59-47(53)40-38-36-34-32-30-28-26-18-16-14-12-10-8-6-4-2/h15,17,20-21,45-46,48-52,54-56H,3-14,16,18-19,22-44H2,1-2H3/b17-15-,21-20-. The van der Waals surface area contributed by atoms with Crippen molar-refractivity contribution in [1.29, 1.82) is 0 Å². The molecule has 1 aliphatic heterocycles. The number of hydrogen-bond acceptors (Lipinski definition) is 9. The largest absolute Gasteiger partial charge is 0.457 e. The molecule has 1 rings (SSSR count). The average molecular weight is 853 g/mol. The van der Waals surface area contributed by atoms with E-state index in [-0.39, 0.29) is 19.2 Å². The van der Waals surface area contributed by atoms with Crippen molar-refractivity contribution in [3.8, 4) is 0 Å². The molecule has 0 aromatic carbocycles. The minimum atomic E-state index is -1.53. The van der Waals surface area contributed by atoms with Gasteiger partial charge in [-0.15, -0.1) is 0 Å². The topological polar surface area (TPSA) is 135 Å². The zero-order valence-corrected chi connectivity index (χ0v) is 39.0. The average Bonchev–Trinajstić information content (AvgIpc) is 3.25. The van der Waals surface area contributed by atoms with Crippen molar-refractivity contribution in [2.45, 2.75) is 269 Å². The highest BCUT2D eigenvalue weighted by Gasteiger charge is 2.44. The Hall–Kier alpha value is -1.33. The lowest BCUT2D eigenvalue weighted by Gasteiger charge is -2.39. The highest BCUT2D eigenvalue weighted by atomic mass is 16.7. The Morgan fingerprint density at radius 2 is 0.967 bits per heavy atom. The second kappa shape index (κ2) is 42.9. The fraction of sp³-hybridized carbons (Fsp3) is 0.902. The summed E-state index contributed by atoms with van der Waals surface area (Å²) in [6.07, 6.45) is 43.5. The van der Waals surface area contributed by atoms with E-state index in [0.717, 1.165) is 38.5 Å². The molecule has 60 heavy (non-hydrogen) atoms. The minimum Gasteiger partial charge on any atom is -0.457 e. The minimum absolute atomic E-state index is 0.110. The van der Waals surface area contributed by atoms with Crippen LogP contribution in [0, 0.1) is 0 Å². The van der Waals surface area contributed by atoms with Crippen LogP contribution >= 0.6 is 0 Å². The predicted octanol–water partition coefficient (Wildman–Crippen LogP) is 12.1. The highest BCUT2D eigenvalue weighted by molar-refractivity contribution is 5.69. The summed E-state index contributed by atoms with van der Waals surface area (Å²) < 4.78 is 22.9. The van der Waals surface area contributed by atoms with Crippen LogP contribution in [0.1, 0.15) is 232 Å². The molecule has 0 amide bonds. The first-order chi connectivity index (χ1) is 29.4. The number of aliphatic hydroxyl groups excluding tert-OH is 4. The maximum Gasteiger partial charge on any atom is 0.306 e. The van der Waals surface area contributed by atoms with Gasteiger partial charge in [-0.25, -0.2) is 0 Å². The summed E-state index contributed by atoms with van der Waals surface area (Å²) in [5.74, 6) is -0.311. The molecule has 1 aliphatic rings. The zero-order chi connectivity index (χ0) is 43.6. The van der Waals surface area contributed by atoms with Gasteiger partial charge in [-0.3, -0.25) is 4.79 Å². The molecular weight excluding hydrogens is 757 g/mol. The lowest BCUT2D eigenvalue weighted by molar-refractivity contribution is -0.305. The Balaban J connectivity index is 2.19. The Morgan fingerprint density at radius 3 is 1.43 bits per heavy atom. The van der Waals surface area contributed by atoms with Crippen molar-refractivity contribution in [1.82, 2.24) is 0 Å². The van der Waals surface area contributed by atoms with E-state index in [2.05, 4.69) is 38.2 Å². The molecule has 9 nitrogen and oxygen atoms in total. The van der Waals surface area contributed by atoms with Crippen molar-refractivity contribution in [3.63, 3.8) is 0 Å². The molecule has 6 atom stereocenters. The number of aliphatic hydroxyl groups is 4. The van der Waals surface area contributed by atoms with Crippen molar-refractivity contribution >= 4 is 5.97 Å². The SMILES string of the molecule is CCCCCCC/C=C\C/C=C\CCCCCCCCCCCCOCC(COC1OC(CO)C(O)C(O)C1O)OC(=O)CCCCCCCCCCCCCCCCC. The van der Waals surface area contributed by atoms with Gasteiger partial charge in [-0.05, 0) is 44.9 Å². The first kappa shape index (κ1) is 56.7. The van der Waals surface area contributed by atoms with Gasteiger partial charge in [0.2, 0.25) is 0 Å². The molecule has 0 spiro atoms. The second-order valence-electron chi connectivity index (χ2n) is 17.6. The van der Waals surface area contributed by atoms with Crippen LogP contribution in [0.3, 0.4) is 0 Å². The molecule has 0 saturated carbocycles. The third-order valence-corrected chi connectivity index (χ3v) is 11.9. The second-order valence-corrected chi connectivity index (χ2v) is 17.6. The Bertz CT molecular complexity index is 972. The zero-order valence-electron chi connectivity index (χ0n) is 39.0. The quantitative estimate of drug-likeness (QED) is 0.0268. The molecule has 1 fully saturated rings. The van der Waals surface area contributed by atoms with E-state index in [1.54, 1.807) is 0 Å². The first-order valence-electron chi connectivity index (χ1n) is 25.4. The molecule has 0 aromatic rings. The number of carbonyl (C=O) groups is 1. The molecule has 0 radical (unpaired) electrons. The maximum atomic E-state index is 12.8. The fourth-order valence-electron chi connectivity index (χ4n) is 7.88. The van der Waals surface area contributed by atoms with Crippen LogP contribution in [0.4, 0.5) is 0 Å². The van der Waals surface area contributed by atoms with Crippen LogP contribution in [0.15, 0.2) is 24.3 Å². The van der Waals surface area contributed by atoms with Gasteiger partial charge in [-0.1, -0.05) is 205 Å². The van der Waals surface area contributed by atoms with Gasteiger partial charge in [0.15, 0.2) is 6.29 Å². The van der Waals surface area contributed by atoms with E-state index in [1.807, 2.05) is 0 Å². The number of allylic oxidation sites excluding steroid dienone is 4. The van der Waals surface area contributed by atoms with Gasteiger partial charge in [0.05, 0.1) is 19.8 Å². The number of carbonyl (C=O) groups excluding carboxylic acids is 1. The van der Waals surface area contributed by atoms with Gasteiger partial charge in [0, 0.05) is 13.0 Å².